The minimum Gasteiger partial charge on any atom is -0.311 e. The molecule has 21 heavy (non-hydrogen) atoms. The first-order chi connectivity index (χ1) is 10.0. The first kappa shape index (κ1) is 14.3. The van der Waals surface area contributed by atoms with Gasteiger partial charge in [-0.1, -0.05) is 0 Å². The molecule has 7 heteroatoms. The number of hydrogen-bond donors (Lipinski definition) is 1. The molecule has 1 aliphatic carbocycles. The molecule has 0 saturated carbocycles. The number of aromatic nitrogens is 2. The highest BCUT2D eigenvalue weighted by atomic mass is 79.9. The Morgan fingerprint density at radius 1 is 1.52 bits per heavy atom. The molecule has 1 amide bonds. The number of fused-ring (bicyclic) bond motifs is 1. The second-order valence-corrected chi connectivity index (χ2v) is 6.90. The molecule has 0 aromatic carbocycles. The van der Waals surface area contributed by atoms with Crippen molar-refractivity contribution in [3.8, 4) is 6.07 Å². The molecule has 2 aromatic heterocycles. The van der Waals surface area contributed by atoms with E-state index in [4.69, 9.17) is 0 Å². The lowest BCUT2D eigenvalue weighted by Crippen LogP contribution is -2.13. The highest BCUT2D eigenvalue weighted by Gasteiger charge is 2.25. The summed E-state index contributed by atoms with van der Waals surface area (Å²) in [6.45, 7) is 1.88. The van der Waals surface area contributed by atoms with E-state index in [1.165, 1.54) is 16.2 Å². The van der Waals surface area contributed by atoms with Crippen LogP contribution in [-0.4, -0.2) is 15.7 Å². The van der Waals surface area contributed by atoms with Crippen molar-refractivity contribution in [2.24, 2.45) is 7.05 Å². The van der Waals surface area contributed by atoms with Crippen LogP contribution in [0.5, 0.6) is 0 Å². The van der Waals surface area contributed by atoms with E-state index in [9.17, 15) is 10.1 Å². The van der Waals surface area contributed by atoms with Crippen molar-refractivity contribution >= 4 is 38.2 Å². The monoisotopic (exact) mass is 364 g/mol. The fourth-order valence-corrected chi connectivity index (χ4v) is 4.25. The third-order valence-electron chi connectivity index (χ3n) is 3.74. The summed E-state index contributed by atoms with van der Waals surface area (Å²) in [5.74, 6) is -0.290. The van der Waals surface area contributed by atoms with Gasteiger partial charge >= 0.3 is 0 Å². The lowest BCUT2D eigenvalue weighted by atomic mass is 10.1. The zero-order chi connectivity index (χ0) is 15.1. The van der Waals surface area contributed by atoms with Crippen LogP contribution < -0.4 is 5.32 Å². The van der Waals surface area contributed by atoms with Crippen LogP contribution in [0.1, 0.15) is 38.6 Å². The average molecular weight is 365 g/mol. The topological polar surface area (TPSA) is 70.7 Å². The number of carbonyl (C=O) groups excluding carboxylic acids is 1. The van der Waals surface area contributed by atoms with Crippen molar-refractivity contribution in [3.05, 3.63) is 31.9 Å². The van der Waals surface area contributed by atoms with Crippen molar-refractivity contribution in [3.63, 3.8) is 0 Å². The summed E-state index contributed by atoms with van der Waals surface area (Å²) >= 11 is 4.90. The van der Waals surface area contributed by atoms with Gasteiger partial charge in [-0.3, -0.25) is 9.48 Å². The van der Waals surface area contributed by atoms with E-state index in [1.54, 1.807) is 11.7 Å². The minimum atomic E-state index is -0.290. The Kier molecular flexibility index (Phi) is 3.59. The van der Waals surface area contributed by atoms with Crippen LogP contribution in [0.3, 0.4) is 0 Å². The van der Waals surface area contributed by atoms with E-state index in [0.29, 0.717) is 20.7 Å². The number of nitrogens with one attached hydrogen (secondary N) is 1. The molecule has 0 aliphatic heterocycles. The van der Waals surface area contributed by atoms with Gasteiger partial charge in [-0.05, 0) is 47.7 Å². The van der Waals surface area contributed by atoms with Gasteiger partial charge in [-0.2, -0.15) is 10.4 Å². The SMILES string of the molecule is Cc1c(Br)c(C(=O)Nc2sc3c(c2C#N)CCC3)nn1C. The van der Waals surface area contributed by atoms with Gasteiger partial charge in [0, 0.05) is 11.9 Å². The molecule has 0 fully saturated rings. The Morgan fingerprint density at radius 2 is 2.29 bits per heavy atom. The Labute approximate surface area is 134 Å². The third kappa shape index (κ3) is 2.28. The zero-order valence-electron chi connectivity index (χ0n) is 11.7. The van der Waals surface area contributed by atoms with E-state index < -0.39 is 0 Å². The number of hydrogen-bond acceptors (Lipinski definition) is 4. The lowest BCUT2D eigenvalue weighted by molar-refractivity contribution is 0.102. The van der Waals surface area contributed by atoms with Gasteiger partial charge in [-0.15, -0.1) is 11.3 Å². The van der Waals surface area contributed by atoms with Crippen molar-refractivity contribution in [1.82, 2.24) is 9.78 Å². The van der Waals surface area contributed by atoms with Gasteiger partial charge < -0.3 is 5.32 Å². The number of thiophene rings is 1. The van der Waals surface area contributed by atoms with Crippen molar-refractivity contribution < 1.29 is 4.79 Å². The summed E-state index contributed by atoms with van der Waals surface area (Å²) in [5.41, 5.74) is 2.94. The van der Waals surface area contributed by atoms with E-state index >= 15 is 0 Å². The highest BCUT2D eigenvalue weighted by molar-refractivity contribution is 9.10. The summed E-state index contributed by atoms with van der Waals surface area (Å²) in [4.78, 5) is 13.6. The van der Waals surface area contributed by atoms with Gasteiger partial charge in [0.15, 0.2) is 5.69 Å². The van der Waals surface area contributed by atoms with Gasteiger partial charge in [0.2, 0.25) is 0 Å². The number of halogens is 1. The summed E-state index contributed by atoms with van der Waals surface area (Å²) in [6.07, 6.45) is 3.02. The lowest BCUT2D eigenvalue weighted by Gasteiger charge is -2.02. The number of nitrogens with zero attached hydrogens (tertiary/aromatic N) is 3. The molecule has 108 valence electrons. The van der Waals surface area contributed by atoms with E-state index in [2.05, 4.69) is 32.4 Å². The van der Waals surface area contributed by atoms with Crippen molar-refractivity contribution in [2.75, 3.05) is 5.32 Å². The number of aryl methyl sites for hydroxylation is 2. The predicted molar refractivity (Wildman–Crippen MR) is 84.7 cm³/mol. The quantitative estimate of drug-likeness (QED) is 0.889. The average Bonchev–Trinajstić information content (AvgIpc) is 3.08. The normalized spacial score (nSPS) is 13.0. The van der Waals surface area contributed by atoms with Gasteiger partial charge in [-0.25, -0.2) is 0 Å². The van der Waals surface area contributed by atoms with Crippen molar-refractivity contribution in [1.29, 1.82) is 5.26 Å². The van der Waals surface area contributed by atoms with Gasteiger partial charge in [0.25, 0.3) is 5.91 Å². The first-order valence-corrected chi connectivity index (χ1v) is 8.19. The molecule has 0 bridgehead atoms. The van der Waals surface area contributed by atoms with E-state index in [0.717, 1.165) is 30.5 Å². The van der Waals surface area contributed by atoms with Gasteiger partial charge in [0.1, 0.15) is 11.1 Å². The predicted octanol–water partition coefficient (Wildman–Crippen LogP) is 3.17. The molecular weight excluding hydrogens is 352 g/mol. The molecule has 5 nitrogen and oxygen atoms in total. The van der Waals surface area contributed by atoms with Crippen LogP contribution >= 0.6 is 27.3 Å². The van der Waals surface area contributed by atoms with Gasteiger partial charge in [0.05, 0.1) is 15.7 Å². The number of anilines is 1. The molecule has 0 spiro atoms. The molecule has 2 heterocycles. The minimum absolute atomic E-state index is 0.290. The van der Waals surface area contributed by atoms with Crippen LogP contribution in [0.25, 0.3) is 0 Å². The molecule has 3 rings (SSSR count). The Bertz CT molecular complexity index is 784. The summed E-state index contributed by atoms with van der Waals surface area (Å²) in [5, 5.41) is 17.0. The highest BCUT2D eigenvalue weighted by Crippen LogP contribution is 2.38. The van der Waals surface area contributed by atoms with Crippen LogP contribution in [-0.2, 0) is 19.9 Å². The zero-order valence-corrected chi connectivity index (χ0v) is 14.1. The summed E-state index contributed by atoms with van der Waals surface area (Å²) < 4.78 is 2.34. The fraction of sp³-hybridized carbons (Fsp3) is 0.357. The maximum atomic E-state index is 12.4. The fourth-order valence-electron chi connectivity index (χ4n) is 2.50. The Hall–Kier alpha value is -1.65. The largest absolute Gasteiger partial charge is 0.311 e. The summed E-state index contributed by atoms with van der Waals surface area (Å²) in [6, 6.07) is 2.22. The smallest absolute Gasteiger partial charge is 0.277 e. The standard InChI is InChI=1S/C14H13BrN4OS/c1-7-11(15)12(18-19(7)2)13(20)17-14-9(6-16)8-4-3-5-10(8)21-14/h3-5H2,1-2H3,(H,17,20). The maximum absolute atomic E-state index is 12.4. The number of carbonyl (C=O) groups is 1. The molecule has 0 saturated heterocycles. The second-order valence-electron chi connectivity index (χ2n) is 5.00. The van der Waals surface area contributed by atoms with Crippen LogP contribution in [0, 0.1) is 18.3 Å². The second kappa shape index (κ2) is 5.28. The Morgan fingerprint density at radius 3 is 2.90 bits per heavy atom. The maximum Gasteiger partial charge on any atom is 0.277 e. The van der Waals surface area contributed by atoms with Crippen LogP contribution in [0.4, 0.5) is 5.00 Å². The van der Waals surface area contributed by atoms with Crippen molar-refractivity contribution in [2.45, 2.75) is 26.2 Å². The summed E-state index contributed by atoms with van der Waals surface area (Å²) in [7, 11) is 1.79. The molecule has 0 atom stereocenters. The molecular formula is C14H13BrN4OS. The van der Waals surface area contributed by atoms with E-state index in [-0.39, 0.29) is 5.91 Å². The molecule has 0 unspecified atom stereocenters. The van der Waals surface area contributed by atoms with E-state index in [1.807, 2.05) is 6.92 Å². The third-order valence-corrected chi connectivity index (χ3v) is 5.89. The van der Waals surface area contributed by atoms with Crippen LogP contribution in [0.2, 0.25) is 0 Å². The molecule has 1 N–H and O–H groups in total. The number of nitriles is 1. The molecule has 2 aromatic rings. The number of amides is 1. The molecule has 0 radical (unpaired) electrons. The number of rotatable bonds is 2. The first-order valence-electron chi connectivity index (χ1n) is 6.58. The molecule has 1 aliphatic rings. The van der Waals surface area contributed by atoms with Crippen LogP contribution in [0.15, 0.2) is 4.47 Å². The Balaban J connectivity index is 1.92.